The van der Waals surface area contributed by atoms with Gasteiger partial charge in [-0.2, -0.15) is 0 Å². The summed E-state index contributed by atoms with van der Waals surface area (Å²) in [6, 6.07) is 0.145. The predicted molar refractivity (Wildman–Crippen MR) is 60.5 cm³/mol. The van der Waals surface area contributed by atoms with Crippen LogP contribution in [-0.4, -0.2) is 23.2 Å². The van der Waals surface area contributed by atoms with Gasteiger partial charge in [0.15, 0.2) is 0 Å². The van der Waals surface area contributed by atoms with Gasteiger partial charge in [-0.3, -0.25) is 11.3 Å². The fraction of sp³-hybridized carbons (Fsp3) is 0.700. The fourth-order valence-electron chi connectivity index (χ4n) is 2.05. The third-order valence-electron chi connectivity index (χ3n) is 3.05. The molecule has 84 valence electrons. The number of ether oxygens (including phenoxy) is 1. The molecule has 1 aliphatic heterocycles. The van der Waals surface area contributed by atoms with Gasteiger partial charge in [0.1, 0.15) is 0 Å². The highest BCUT2D eigenvalue weighted by Crippen LogP contribution is 2.30. The van der Waals surface area contributed by atoms with Gasteiger partial charge < -0.3 is 4.74 Å². The Bertz CT molecular complexity index is 296. The zero-order valence-corrected chi connectivity index (χ0v) is 9.72. The lowest BCUT2D eigenvalue weighted by molar-refractivity contribution is -0.0115. The third-order valence-corrected chi connectivity index (χ3v) is 3.85. The van der Waals surface area contributed by atoms with E-state index >= 15 is 0 Å². The molecule has 2 unspecified atom stereocenters. The molecule has 3 N–H and O–H groups in total. The minimum absolute atomic E-state index is 0.138. The number of nitrogens with one attached hydrogen (secondary N) is 1. The molecule has 4 nitrogen and oxygen atoms in total. The van der Waals surface area contributed by atoms with Crippen molar-refractivity contribution in [3.63, 3.8) is 0 Å². The van der Waals surface area contributed by atoms with Gasteiger partial charge in [-0.1, -0.05) is 0 Å². The fourth-order valence-corrected chi connectivity index (χ4v) is 2.72. The first-order valence-corrected chi connectivity index (χ1v) is 6.11. The molecule has 1 fully saturated rings. The molecule has 1 aromatic rings. The number of aromatic nitrogens is 1. The third kappa shape index (κ3) is 2.36. The van der Waals surface area contributed by atoms with Crippen LogP contribution in [-0.2, 0) is 11.2 Å². The molecule has 0 saturated carbocycles. The molecular formula is C10H17N3OS. The average molecular weight is 227 g/mol. The molecule has 0 aromatic carbocycles. The minimum atomic E-state index is -0.138. The largest absolute Gasteiger partial charge is 0.374 e. The lowest BCUT2D eigenvalue weighted by Crippen LogP contribution is -2.52. The normalized spacial score (nSPS) is 28.1. The van der Waals surface area contributed by atoms with Crippen molar-refractivity contribution >= 4 is 11.3 Å². The van der Waals surface area contributed by atoms with Gasteiger partial charge in [0.2, 0.25) is 0 Å². The van der Waals surface area contributed by atoms with Crippen LogP contribution in [0.15, 0.2) is 11.6 Å². The van der Waals surface area contributed by atoms with E-state index in [-0.39, 0.29) is 11.6 Å². The maximum atomic E-state index is 5.78. The Morgan fingerprint density at radius 2 is 2.67 bits per heavy atom. The molecule has 0 bridgehead atoms. The van der Waals surface area contributed by atoms with Crippen LogP contribution in [0.3, 0.4) is 0 Å². The molecule has 2 heterocycles. The standard InChI is InChI=1S/C10H17N3OS/c1-10(3-2-5-14-10)8(13-11)7-9-12-4-6-15-9/h4,6,8,13H,2-3,5,7,11H2,1H3. The first-order valence-electron chi connectivity index (χ1n) is 5.23. The number of hydrazine groups is 1. The Hall–Kier alpha value is -0.490. The van der Waals surface area contributed by atoms with E-state index < -0.39 is 0 Å². The molecule has 15 heavy (non-hydrogen) atoms. The van der Waals surface area contributed by atoms with Crippen molar-refractivity contribution in [1.29, 1.82) is 0 Å². The Kier molecular flexibility index (Phi) is 3.35. The molecule has 0 amide bonds. The van der Waals surface area contributed by atoms with E-state index in [9.17, 15) is 0 Å². The summed E-state index contributed by atoms with van der Waals surface area (Å²) in [7, 11) is 0. The van der Waals surface area contributed by atoms with E-state index in [0.717, 1.165) is 30.9 Å². The highest BCUT2D eigenvalue weighted by molar-refractivity contribution is 7.09. The monoisotopic (exact) mass is 227 g/mol. The molecule has 0 aliphatic carbocycles. The summed E-state index contributed by atoms with van der Waals surface area (Å²) >= 11 is 1.66. The van der Waals surface area contributed by atoms with E-state index in [0.29, 0.717) is 0 Å². The zero-order chi connectivity index (χ0) is 10.7. The highest BCUT2D eigenvalue weighted by Gasteiger charge is 2.38. The lowest BCUT2D eigenvalue weighted by Gasteiger charge is -2.32. The van der Waals surface area contributed by atoms with Gasteiger partial charge >= 0.3 is 0 Å². The van der Waals surface area contributed by atoms with Gasteiger partial charge in [0.05, 0.1) is 16.7 Å². The van der Waals surface area contributed by atoms with E-state index in [1.54, 1.807) is 11.3 Å². The molecule has 0 radical (unpaired) electrons. The SMILES string of the molecule is CC1(C(Cc2nccs2)NN)CCCO1. The molecule has 1 saturated heterocycles. The Labute approximate surface area is 93.8 Å². The number of hydrogen-bond acceptors (Lipinski definition) is 5. The van der Waals surface area contributed by atoms with Gasteiger partial charge in [0.25, 0.3) is 0 Å². The summed E-state index contributed by atoms with van der Waals surface area (Å²) in [5.41, 5.74) is 2.73. The van der Waals surface area contributed by atoms with E-state index in [1.165, 1.54) is 0 Å². The topological polar surface area (TPSA) is 60.2 Å². The van der Waals surface area contributed by atoms with Crippen LogP contribution >= 0.6 is 11.3 Å². The maximum Gasteiger partial charge on any atom is 0.0942 e. The second kappa shape index (κ2) is 4.57. The summed E-state index contributed by atoms with van der Waals surface area (Å²) in [5.74, 6) is 5.60. The van der Waals surface area contributed by atoms with Crippen molar-refractivity contribution < 1.29 is 4.74 Å². The number of rotatable bonds is 4. The summed E-state index contributed by atoms with van der Waals surface area (Å²) < 4.78 is 5.78. The Morgan fingerprint density at radius 3 is 3.20 bits per heavy atom. The first-order chi connectivity index (χ1) is 7.24. The van der Waals surface area contributed by atoms with E-state index in [4.69, 9.17) is 10.6 Å². The lowest BCUT2D eigenvalue weighted by atomic mass is 9.91. The van der Waals surface area contributed by atoms with Gasteiger partial charge in [-0.05, 0) is 19.8 Å². The summed E-state index contributed by atoms with van der Waals surface area (Å²) in [6.45, 7) is 2.96. The smallest absolute Gasteiger partial charge is 0.0942 e. The van der Waals surface area contributed by atoms with Crippen LogP contribution in [0.2, 0.25) is 0 Å². The zero-order valence-electron chi connectivity index (χ0n) is 8.90. The molecule has 5 heteroatoms. The van der Waals surface area contributed by atoms with Crippen LogP contribution in [0.25, 0.3) is 0 Å². The molecule has 0 spiro atoms. The molecule has 1 aliphatic rings. The van der Waals surface area contributed by atoms with Crippen molar-refractivity contribution in [1.82, 2.24) is 10.4 Å². The van der Waals surface area contributed by atoms with Crippen molar-refractivity contribution in [2.45, 2.75) is 37.8 Å². The van der Waals surface area contributed by atoms with Crippen LogP contribution in [0, 0.1) is 0 Å². The van der Waals surface area contributed by atoms with Crippen LogP contribution in [0.5, 0.6) is 0 Å². The van der Waals surface area contributed by atoms with Crippen molar-refractivity contribution in [3.8, 4) is 0 Å². The molecule has 2 atom stereocenters. The average Bonchev–Trinajstić information content (AvgIpc) is 2.85. The molecular weight excluding hydrogens is 210 g/mol. The number of nitrogens with two attached hydrogens (primary N) is 1. The van der Waals surface area contributed by atoms with E-state index in [1.807, 2.05) is 11.6 Å². The van der Waals surface area contributed by atoms with Gasteiger partial charge in [0, 0.05) is 24.6 Å². The van der Waals surface area contributed by atoms with Crippen molar-refractivity contribution in [2.24, 2.45) is 5.84 Å². The minimum Gasteiger partial charge on any atom is -0.374 e. The van der Waals surface area contributed by atoms with Crippen molar-refractivity contribution in [3.05, 3.63) is 16.6 Å². The molecule has 1 aromatic heterocycles. The quantitative estimate of drug-likeness (QED) is 0.597. The Morgan fingerprint density at radius 1 is 1.80 bits per heavy atom. The summed E-state index contributed by atoms with van der Waals surface area (Å²) in [5, 5.41) is 3.09. The van der Waals surface area contributed by atoms with Crippen LogP contribution < -0.4 is 11.3 Å². The second-order valence-corrected chi connectivity index (χ2v) is 5.09. The summed E-state index contributed by atoms with van der Waals surface area (Å²) in [6.07, 6.45) is 4.84. The predicted octanol–water partition coefficient (Wildman–Crippen LogP) is 1.09. The number of thiazole rings is 1. The molecule has 2 rings (SSSR count). The van der Waals surface area contributed by atoms with Crippen LogP contribution in [0.4, 0.5) is 0 Å². The van der Waals surface area contributed by atoms with Crippen molar-refractivity contribution in [2.75, 3.05) is 6.61 Å². The second-order valence-electron chi connectivity index (χ2n) is 4.11. The summed E-state index contributed by atoms with van der Waals surface area (Å²) in [4.78, 5) is 4.27. The maximum absolute atomic E-state index is 5.78. The number of nitrogens with zero attached hydrogens (tertiary/aromatic N) is 1. The first kappa shape index (κ1) is 11.0. The highest BCUT2D eigenvalue weighted by atomic mass is 32.1. The van der Waals surface area contributed by atoms with E-state index in [2.05, 4.69) is 17.3 Å². The van der Waals surface area contributed by atoms with Gasteiger partial charge in [-0.15, -0.1) is 11.3 Å². The number of hydrogen-bond donors (Lipinski definition) is 2. The van der Waals surface area contributed by atoms with Crippen LogP contribution in [0.1, 0.15) is 24.8 Å². The van der Waals surface area contributed by atoms with Gasteiger partial charge in [-0.25, -0.2) is 4.98 Å². The Balaban J connectivity index is 2.03.